The van der Waals surface area contributed by atoms with Crippen LogP contribution < -0.4 is 16.4 Å². The summed E-state index contributed by atoms with van der Waals surface area (Å²) in [5.41, 5.74) is 4.91. The van der Waals surface area contributed by atoms with Gasteiger partial charge in [0.05, 0.1) is 18.0 Å². The molecule has 1 aromatic heterocycles. The lowest BCUT2D eigenvalue weighted by molar-refractivity contribution is -0.137. The first-order valence-electron chi connectivity index (χ1n) is 7.28. The number of hydrogen-bond acceptors (Lipinski definition) is 3. The number of carbonyl (C=O) groups excluding carboxylic acids is 2. The lowest BCUT2D eigenvalue weighted by atomic mass is 10.1. The van der Waals surface area contributed by atoms with E-state index in [1.54, 1.807) is 12.1 Å². The zero-order valence-corrected chi connectivity index (χ0v) is 13.8. The predicted molar refractivity (Wildman–Crippen MR) is 87.7 cm³/mol. The van der Waals surface area contributed by atoms with Gasteiger partial charge in [-0.2, -0.15) is 13.2 Å². The van der Waals surface area contributed by atoms with Crippen LogP contribution in [0.1, 0.15) is 28.5 Å². The van der Waals surface area contributed by atoms with Crippen molar-refractivity contribution in [2.45, 2.75) is 25.2 Å². The lowest BCUT2D eigenvalue weighted by Gasteiger charge is -2.16. The molecule has 0 aliphatic heterocycles. The van der Waals surface area contributed by atoms with Crippen molar-refractivity contribution in [1.29, 1.82) is 0 Å². The number of halogens is 3. The first-order chi connectivity index (χ1) is 11.8. The molecule has 9 heteroatoms. The van der Waals surface area contributed by atoms with Crippen LogP contribution in [0.3, 0.4) is 0 Å². The van der Waals surface area contributed by atoms with Crippen molar-refractivity contribution in [3.8, 4) is 0 Å². The number of carbonyl (C=O) groups is 2. The Balaban J connectivity index is 1.91. The summed E-state index contributed by atoms with van der Waals surface area (Å²) >= 11 is 1.38. The van der Waals surface area contributed by atoms with Gasteiger partial charge in [-0.05, 0) is 29.1 Å². The molecular weight excluding hydrogens is 355 g/mol. The van der Waals surface area contributed by atoms with Gasteiger partial charge >= 0.3 is 12.2 Å². The maximum absolute atomic E-state index is 12.5. The van der Waals surface area contributed by atoms with Crippen molar-refractivity contribution in [2.75, 3.05) is 0 Å². The monoisotopic (exact) mass is 371 g/mol. The minimum absolute atomic E-state index is 0.0237. The number of amides is 3. The van der Waals surface area contributed by atoms with E-state index in [0.717, 1.165) is 17.0 Å². The Hall–Kier alpha value is -2.55. The smallest absolute Gasteiger partial charge is 0.352 e. The first kappa shape index (κ1) is 18.8. The number of primary amides is 1. The van der Waals surface area contributed by atoms with Crippen molar-refractivity contribution < 1.29 is 22.8 Å². The van der Waals surface area contributed by atoms with Gasteiger partial charge in [-0.25, -0.2) is 4.79 Å². The fraction of sp³-hybridized carbons (Fsp3) is 0.250. The summed E-state index contributed by atoms with van der Waals surface area (Å²) in [6.07, 6.45) is -4.42. The molecule has 0 bridgehead atoms. The minimum Gasteiger partial charge on any atom is -0.352 e. The number of rotatable bonds is 6. The van der Waals surface area contributed by atoms with Gasteiger partial charge in [0.2, 0.25) is 5.91 Å². The number of alkyl halides is 3. The van der Waals surface area contributed by atoms with Gasteiger partial charge in [0.25, 0.3) is 0 Å². The number of benzene rings is 1. The summed E-state index contributed by atoms with van der Waals surface area (Å²) in [5, 5.41) is 6.92. The molecule has 0 aliphatic rings. The lowest BCUT2D eigenvalue weighted by Crippen LogP contribution is -2.36. The summed E-state index contributed by atoms with van der Waals surface area (Å²) in [6.45, 7) is 0.0880. The quantitative estimate of drug-likeness (QED) is 0.729. The fourth-order valence-electron chi connectivity index (χ4n) is 2.15. The van der Waals surface area contributed by atoms with Crippen LogP contribution in [0.4, 0.5) is 18.0 Å². The number of hydrogen-bond donors (Lipinski definition) is 3. The van der Waals surface area contributed by atoms with Gasteiger partial charge < -0.3 is 16.4 Å². The predicted octanol–water partition coefficient (Wildman–Crippen LogP) is 3.18. The number of nitrogens with two attached hydrogens (primary N) is 1. The Morgan fingerprint density at radius 1 is 1.16 bits per heavy atom. The van der Waals surface area contributed by atoms with E-state index in [1.165, 1.54) is 23.5 Å². The normalized spacial score (nSPS) is 12.4. The SMILES string of the molecule is NC(=O)N[C@@H](CC(=O)NCc1ccc(C(F)(F)F)cc1)c1cccs1. The summed E-state index contributed by atoms with van der Waals surface area (Å²) in [5.74, 6) is -0.355. The van der Waals surface area contributed by atoms with Crippen LogP contribution in [-0.2, 0) is 17.5 Å². The molecule has 134 valence electrons. The van der Waals surface area contributed by atoms with Crippen LogP contribution in [0.15, 0.2) is 41.8 Å². The molecular formula is C16H16F3N3O2S. The third-order valence-corrected chi connectivity index (χ3v) is 4.35. The molecule has 1 heterocycles. The topological polar surface area (TPSA) is 84.2 Å². The molecule has 1 atom stereocenters. The van der Waals surface area contributed by atoms with E-state index < -0.39 is 23.8 Å². The molecule has 1 aromatic carbocycles. The highest BCUT2D eigenvalue weighted by atomic mass is 32.1. The second-order valence-corrected chi connectivity index (χ2v) is 6.23. The molecule has 0 saturated carbocycles. The van der Waals surface area contributed by atoms with Crippen molar-refractivity contribution in [1.82, 2.24) is 10.6 Å². The molecule has 0 radical (unpaired) electrons. The average molecular weight is 371 g/mol. The van der Waals surface area contributed by atoms with Crippen LogP contribution in [0.2, 0.25) is 0 Å². The molecule has 2 aromatic rings. The number of urea groups is 1. The second-order valence-electron chi connectivity index (χ2n) is 5.25. The van der Waals surface area contributed by atoms with Gasteiger partial charge in [0, 0.05) is 11.4 Å². The first-order valence-corrected chi connectivity index (χ1v) is 8.16. The van der Waals surface area contributed by atoms with Gasteiger partial charge in [0.1, 0.15) is 0 Å². The molecule has 4 N–H and O–H groups in total. The summed E-state index contributed by atoms with van der Waals surface area (Å²) < 4.78 is 37.5. The molecule has 25 heavy (non-hydrogen) atoms. The maximum atomic E-state index is 12.5. The highest BCUT2D eigenvalue weighted by molar-refractivity contribution is 7.10. The van der Waals surface area contributed by atoms with Gasteiger partial charge in [-0.15, -0.1) is 11.3 Å². The van der Waals surface area contributed by atoms with Crippen LogP contribution in [0.5, 0.6) is 0 Å². The summed E-state index contributed by atoms with van der Waals surface area (Å²) in [4.78, 5) is 23.9. The fourth-order valence-corrected chi connectivity index (χ4v) is 2.93. The summed E-state index contributed by atoms with van der Waals surface area (Å²) in [7, 11) is 0. The second kappa shape index (κ2) is 8.02. The van der Waals surface area contributed by atoms with E-state index in [4.69, 9.17) is 5.73 Å². The molecule has 0 aliphatic carbocycles. The van der Waals surface area contributed by atoms with E-state index in [1.807, 2.05) is 5.38 Å². The zero-order valence-electron chi connectivity index (χ0n) is 13.0. The Labute approximate surface area is 146 Å². The van der Waals surface area contributed by atoms with Crippen molar-refractivity contribution >= 4 is 23.3 Å². The van der Waals surface area contributed by atoms with Gasteiger partial charge in [-0.1, -0.05) is 18.2 Å². The third-order valence-electron chi connectivity index (χ3n) is 3.36. The highest BCUT2D eigenvalue weighted by Gasteiger charge is 2.29. The molecule has 2 rings (SSSR count). The van der Waals surface area contributed by atoms with Crippen LogP contribution >= 0.6 is 11.3 Å². The largest absolute Gasteiger partial charge is 0.416 e. The van der Waals surface area contributed by atoms with E-state index in [2.05, 4.69) is 10.6 Å². The van der Waals surface area contributed by atoms with Crippen LogP contribution in [0.25, 0.3) is 0 Å². The average Bonchev–Trinajstić information content (AvgIpc) is 3.06. The third kappa shape index (κ3) is 5.79. The minimum atomic E-state index is -4.39. The highest BCUT2D eigenvalue weighted by Crippen LogP contribution is 2.29. The van der Waals surface area contributed by atoms with Crippen molar-refractivity contribution in [2.24, 2.45) is 5.73 Å². The van der Waals surface area contributed by atoms with Crippen LogP contribution in [0, 0.1) is 0 Å². The Kier molecular flexibility index (Phi) is 6.02. The maximum Gasteiger partial charge on any atom is 0.416 e. The van der Waals surface area contributed by atoms with E-state index in [0.29, 0.717) is 5.56 Å². The van der Waals surface area contributed by atoms with E-state index in [9.17, 15) is 22.8 Å². The van der Waals surface area contributed by atoms with Gasteiger partial charge in [0.15, 0.2) is 0 Å². The Morgan fingerprint density at radius 3 is 2.36 bits per heavy atom. The Morgan fingerprint density at radius 2 is 1.84 bits per heavy atom. The molecule has 3 amide bonds. The van der Waals surface area contributed by atoms with Gasteiger partial charge in [-0.3, -0.25) is 4.79 Å². The number of nitrogens with one attached hydrogen (secondary N) is 2. The van der Waals surface area contributed by atoms with E-state index >= 15 is 0 Å². The molecule has 5 nitrogen and oxygen atoms in total. The summed E-state index contributed by atoms with van der Waals surface area (Å²) in [6, 6.07) is 6.81. The molecule has 0 saturated heterocycles. The van der Waals surface area contributed by atoms with Crippen molar-refractivity contribution in [3.63, 3.8) is 0 Å². The zero-order chi connectivity index (χ0) is 18.4. The number of thiophene rings is 1. The van der Waals surface area contributed by atoms with Crippen molar-refractivity contribution in [3.05, 3.63) is 57.8 Å². The van der Waals surface area contributed by atoms with Crippen LogP contribution in [-0.4, -0.2) is 11.9 Å². The standard InChI is InChI=1S/C16H16F3N3O2S/c17-16(18,19)11-5-3-10(4-6-11)9-21-14(23)8-12(22-15(20)24)13-2-1-7-25-13/h1-7,12H,8-9H2,(H,21,23)(H3,20,22,24)/t12-/m0/s1. The molecule has 0 spiro atoms. The Bertz CT molecular complexity index is 715. The molecule has 0 fully saturated rings. The molecule has 0 unspecified atom stereocenters. The van der Waals surface area contributed by atoms with E-state index in [-0.39, 0.29) is 18.9 Å².